The molecule has 0 fully saturated rings. The standard InChI is InChI=1S/C12H13NO3/c1-2-16-11-5-3-4-10-9(11)6-7-13(10)8-12(14)15/h3-7H,2,8H2,1H3,(H,14,15). The van der Waals surface area contributed by atoms with Crippen LogP contribution in [0.1, 0.15) is 6.92 Å². The van der Waals surface area contributed by atoms with Gasteiger partial charge < -0.3 is 14.4 Å². The molecule has 16 heavy (non-hydrogen) atoms. The first kappa shape index (κ1) is 10.5. The number of carboxylic acids is 1. The van der Waals surface area contributed by atoms with Crippen molar-refractivity contribution in [3.63, 3.8) is 0 Å². The fraction of sp³-hybridized carbons (Fsp3) is 0.250. The summed E-state index contributed by atoms with van der Waals surface area (Å²) in [6.45, 7) is 2.50. The van der Waals surface area contributed by atoms with E-state index in [0.717, 1.165) is 16.7 Å². The van der Waals surface area contributed by atoms with Crippen LogP contribution in [0.15, 0.2) is 30.5 Å². The van der Waals surface area contributed by atoms with Crippen molar-refractivity contribution in [3.8, 4) is 5.75 Å². The van der Waals surface area contributed by atoms with E-state index in [1.54, 1.807) is 10.8 Å². The van der Waals surface area contributed by atoms with Gasteiger partial charge in [-0.25, -0.2) is 0 Å². The SMILES string of the molecule is CCOc1cccc2c1ccn2CC(=O)O. The Bertz CT molecular complexity index is 516. The van der Waals surface area contributed by atoms with Crippen molar-refractivity contribution in [2.24, 2.45) is 0 Å². The van der Waals surface area contributed by atoms with E-state index in [1.807, 2.05) is 31.2 Å². The highest BCUT2D eigenvalue weighted by Crippen LogP contribution is 2.26. The Morgan fingerprint density at radius 1 is 1.44 bits per heavy atom. The van der Waals surface area contributed by atoms with Gasteiger partial charge in [0, 0.05) is 11.6 Å². The Morgan fingerprint density at radius 2 is 2.25 bits per heavy atom. The molecular formula is C12H13NO3. The second-order valence-corrected chi connectivity index (χ2v) is 3.46. The van der Waals surface area contributed by atoms with Gasteiger partial charge >= 0.3 is 5.97 Å². The quantitative estimate of drug-likeness (QED) is 0.856. The Balaban J connectivity index is 2.48. The van der Waals surface area contributed by atoms with Gasteiger partial charge in [-0.3, -0.25) is 4.79 Å². The summed E-state index contributed by atoms with van der Waals surface area (Å²) >= 11 is 0. The van der Waals surface area contributed by atoms with Crippen LogP contribution in [0, 0.1) is 0 Å². The lowest BCUT2D eigenvalue weighted by atomic mass is 10.2. The first-order chi connectivity index (χ1) is 7.72. The van der Waals surface area contributed by atoms with Crippen LogP contribution in [0.4, 0.5) is 0 Å². The minimum absolute atomic E-state index is 0.0287. The molecule has 0 saturated carbocycles. The number of benzene rings is 1. The average molecular weight is 219 g/mol. The van der Waals surface area contributed by atoms with Crippen LogP contribution in [-0.4, -0.2) is 22.2 Å². The summed E-state index contributed by atoms with van der Waals surface area (Å²) in [4.78, 5) is 10.7. The van der Waals surface area contributed by atoms with Crippen LogP contribution >= 0.6 is 0 Å². The van der Waals surface area contributed by atoms with Gasteiger partial charge in [-0.15, -0.1) is 0 Å². The molecule has 4 heteroatoms. The second-order valence-electron chi connectivity index (χ2n) is 3.46. The molecular weight excluding hydrogens is 206 g/mol. The first-order valence-corrected chi connectivity index (χ1v) is 5.15. The number of aromatic nitrogens is 1. The van der Waals surface area contributed by atoms with Crippen molar-refractivity contribution in [3.05, 3.63) is 30.5 Å². The molecule has 1 aromatic carbocycles. The third-order valence-corrected chi connectivity index (χ3v) is 2.38. The van der Waals surface area contributed by atoms with Gasteiger partial charge in [0.25, 0.3) is 0 Å². The summed E-state index contributed by atoms with van der Waals surface area (Å²) in [6.07, 6.45) is 1.77. The molecule has 84 valence electrons. The van der Waals surface area contributed by atoms with Crippen molar-refractivity contribution < 1.29 is 14.6 Å². The van der Waals surface area contributed by atoms with Crippen molar-refractivity contribution in [1.82, 2.24) is 4.57 Å². The van der Waals surface area contributed by atoms with E-state index < -0.39 is 5.97 Å². The van der Waals surface area contributed by atoms with Crippen molar-refractivity contribution in [1.29, 1.82) is 0 Å². The van der Waals surface area contributed by atoms with E-state index in [1.165, 1.54) is 0 Å². The van der Waals surface area contributed by atoms with Crippen LogP contribution in [0.5, 0.6) is 5.75 Å². The number of nitrogens with zero attached hydrogens (tertiary/aromatic N) is 1. The summed E-state index contributed by atoms with van der Waals surface area (Å²) in [7, 11) is 0. The molecule has 1 aromatic heterocycles. The van der Waals surface area contributed by atoms with Gasteiger partial charge in [0.1, 0.15) is 12.3 Å². The van der Waals surface area contributed by atoms with Gasteiger partial charge in [0.2, 0.25) is 0 Å². The molecule has 0 aliphatic carbocycles. The molecule has 0 aliphatic rings. The lowest BCUT2D eigenvalue weighted by Gasteiger charge is -2.05. The molecule has 1 N–H and O–H groups in total. The molecule has 0 atom stereocenters. The Labute approximate surface area is 93.1 Å². The van der Waals surface area contributed by atoms with Crippen LogP contribution in [0.25, 0.3) is 10.9 Å². The Morgan fingerprint density at radius 3 is 2.94 bits per heavy atom. The van der Waals surface area contributed by atoms with Gasteiger partial charge in [0.05, 0.1) is 12.1 Å². The number of hydrogen-bond acceptors (Lipinski definition) is 2. The van der Waals surface area contributed by atoms with E-state index in [9.17, 15) is 4.79 Å². The Hall–Kier alpha value is -1.97. The molecule has 2 rings (SSSR count). The first-order valence-electron chi connectivity index (χ1n) is 5.15. The van der Waals surface area contributed by atoms with Crippen molar-refractivity contribution >= 4 is 16.9 Å². The number of ether oxygens (including phenoxy) is 1. The number of rotatable bonds is 4. The maximum absolute atomic E-state index is 10.7. The van der Waals surface area contributed by atoms with Crippen molar-refractivity contribution in [2.75, 3.05) is 6.61 Å². The van der Waals surface area contributed by atoms with Gasteiger partial charge in [-0.2, -0.15) is 0 Å². The zero-order chi connectivity index (χ0) is 11.5. The van der Waals surface area contributed by atoms with E-state index in [4.69, 9.17) is 9.84 Å². The van der Waals surface area contributed by atoms with Gasteiger partial charge in [-0.05, 0) is 25.1 Å². The maximum atomic E-state index is 10.7. The number of aliphatic carboxylic acids is 1. The van der Waals surface area contributed by atoms with Crippen LogP contribution in [0.2, 0.25) is 0 Å². The number of carboxylic acid groups (broad SMARTS) is 1. The number of hydrogen-bond donors (Lipinski definition) is 1. The predicted octanol–water partition coefficient (Wildman–Crippen LogP) is 2.12. The third-order valence-electron chi connectivity index (χ3n) is 2.38. The van der Waals surface area contributed by atoms with Crippen molar-refractivity contribution in [2.45, 2.75) is 13.5 Å². The summed E-state index contributed by atoms with van der Waals surface area (Å²) < 4.78 is 7.17. The van der Waals surface area contributed by atoms with Crippen LogP contribution in [0.3, 0.4) is 0 Å². The highest BCUT2D eigenvalue weighted by molar-refractivity contribution is 5.87. The molecule has 2 aromatic rings. The van der Waals surface area contributed by atoms with E-state index >= 15 is 0 Å². The van der Waals surface area contributed by atoms with Gasteiger partial charge in [0.15, 0.2) is 0 Å². The highest BCUT2D eigenvalue weighted by Gasteiger charge is 2.07. The van der Waals surface area contributed by atoms with E-state index in [2.05, 4.69) is 0 Å². The van der Waals surface area contributed by atoms with E-state index in [0.29, 0.717) is 6.61 Å². The molecule has 0 saturated heterocycles. The molecule has 1 heterocycles. The molecule has 0 amide bonds. The third kappa shape index (κ3) is 1.86. The minimum atomic E-state index is -0.848. The summed E-state index contributed by atoms with van der Waals surface area (Å²) in [5.74, 6) is -0.0524. The zero-order valence-electron chi connectivity index (χ0n) is 9.01. The smallest absolute Gasteiger partial charge is 0.323 e. The van der Waals surface area contributed by atoms with Crippen LogP contribution < -0.4 is 4.74 Å². The van der Waals surface area contributed by atoms with Gasteiger partial charge in [-0.1, -0.05) is 6.07 Å². The zero-order valence-corrected chi connectivity index (χ0v) is 9.01. The average Bonchev–Trinajstić information content (AvgIpc) is 2.63. The lowest BCUT2D eigenvalue weighted by Crippen LogP contribution is -2.07. The largest absolute Gasteiger partial charge is 0.493 e. The molecule has 0 unspecified atom stereocenters. The number of fused-ring (bicyclic) bond motifs is 1. The Kier molecular flexibility index (Phi) is 2.81. The highest BCUT2D eigenvalue weighted by atomic mass is 16.5. The fourth-order valence-corrected chi connectivity index (χ4v) is 1.76. The summed E-state index contributed by atoms with van der Waals surface area (Å²) in [5, 5.41) is 9.71. The van der Waals surface area contributed by atoms with E-state index in [-0.39, 0.29) is 6.54 Å². The molecule has 0 bridgehead atoms. The van der Waals surface area contributed by atoms with Crippen LogP contribution in [-0.2, 0) is 11.3 Å². The molecule has 0 spiro atoms. The molecule has 4 nitrogen and oxygen atoms in total. The maximum Gasteiger partial charge on any atom is 0.323 e. The fourth-order valence-electron chi connectivity index (χ4n) is 1.76. The summed E-state index contributed by atoms with van der Waals surface area (Å²) in [5.41, 5.74) is 0.883. The lowest BCUT2D eigenvalue weighted by molar-refractivity contribution is -0.137. The monoisotopic (exact) mass is 219 g/mol. The summed E-state index contributed by atoms with van der Waals surface area (Å²) in [6, 6.07) is 7.52. The number of carbonyl (C=O) groups is 1. The second kappa shape index (κ2) is 4.26. The molecule has 0 aliphatic heterocycles. The normalized spacial score (nSPS) is 10.6. The topological polar surface area (TPSA) is 51.5 Å². The minimum Gasteiger partial charge on any atom is -0.493 e. The predicted molar refractivity (Wildman–Crippen MR) is 60.7 cm³/mol. The molecule has 0 radical (unpaired) electrons.